The van der Waals surface area contributed by atoms with Crippen molar-refractivity contribution in [3.05, 3.63) is 45.2 Å². The van der Waals surface area contributed by atoms with E-state index >= 15 is 0 Å². The van der Waals surface area contributed by atoms with Crippen LogP contribution in [0.15, 0.2) is 29.8 Å². The van der Waals surface area contributed by atoms with Crippen molar-refractivity contribution in [2.75, 3.05) is 6.61 Å². The minimum atomic E-state index is 0.279. The summed E-state index contributed by atoms with van der Waals surface area (Å²) in [6.07, 6.45) is 2.33. The molecule has 2 heterocycles. The Morgan fingerprint density at radius 3 is 3.06 bits per heavy atom. The number of ether oxygens (including phenoxy) is 1. The molecule has 0 spiro atoms. The Bertz CT molecular complexity index is 534. The summed E-state index contributed by atoms with van der Waals surface area (Å²) in [5.74, 6) is 0.322. The van der Waals surface area contributed by atoms with Gasteiger partial charge in [-0.25, -0.2) is 4.98 Å². The molecule has 0 unspecified atom stereocenters. The van der Waals surface area contributed by atoms with Crippen LogP contribution in [0.4, 0.5) is 0 Å². The van der Waals surface area contributed by atoms with Gasteiger partial charge < -0.3 is 4.74 Å². The first-order valence-electron chi connectivity index (χ1n) is 5.01. The lowest BCUT2D eigenvalue weighted by molar-refractivity contribution is 0.310. The van der Waals surface area contributed by atoms with Crippen LogP contribution in [-0.4, -0.2) is 11.6 Å². The highest BCUT2D eigenvalue weighted by Gasteiger charge is 2.08. The largest absolute Gasteiger partial charge is 0.476 e. The van der Waals surface area contributed by atoms with Gasteiger partial charge in [0, 0.05) is 17.5 Å². The van der Waals surface area contributed by atoms with Crippen LogP contribution >= 0.6 is 22.9 Å². The normalized spacial score (nSPS) is 9.88. The first kappa shape index (κ1) is 11.9. The van der Waals surface area contributed by atoms with Crippen molar-refractivity contribution in [1.82, 2.24) is 4.98 Å². The topological polar surface area (TPSA) is 45.9 Å². The van der Waals surface area contributed by atoms with Gasteiger partial charge in [-0.2, -0.15) is 5.26 Å². The molecule has 0 radical (unpaired) electrons. The van der Waals surface area contributed by atoms with Gasteiger partial charge in [-0.15, -0.1) is 11.3 Å². The zero-order valence-electron chi connectivity index (χ0n) is 8.89. The number of nitrogens with zero attached hydrogens (tertiary/aromatic N) is 2. The monoisotopic (exact) mass is 264 g/mol. The number of nitriles is 1. The summed E-state index contributed by atoms with van der Waals surface area (Å²) < 4.78 is 5.47. The van der Waals surface area contributed by atoms with Gasteiger partial charge in [0.05, 0.1) is 12.2 Å². The Hall–Kier alpha value is -1.57. The fraction of sp³-hybridized carbons (Fsp3) is 0.167. The molecule has 0 amide bonds. The third-order valence-corrected chi connectivity index (χ3v) is 3.45. The Balaban J connectivity index is 1.98. The summed E-state index contributed by atoms with van der Waals surface area (Å²) in [7, 11) is 0. The van der Waals surface area contributed by atoms with E-state index in [1.165, 1.54) is 11.1 Å². The van der Waals surface area contributed by atoms with Crippen molar-refractivity contribution in [1.29, 1.82) is 5.26 Å². The minimum absolute atomic E-state index is 0.279. The third kappa shape index (κ3) is 2.96. The highest BCUT2D eigenvalue weighted by atomic mass is 35.5. The van der Waals surface area contributed by atoms with Crippen molar-refractivity contribution in [2.24, 2.45) is 0 Å². The predicted molar refractivity (Wildman–Crippen MR) is 67.5 cm³/mol. The molecule has 0 saturated carbocycles. The molecule has 0 N–H and O–H groups in total. The average Bonchev–Trinajstić information content (AvgIpc) is 2.84. The Labute approximate surface area is 108 Å². The van der Waals surface area contributed by atoms with Crippen LogP contribution in [0.25, 0.3) is 0 Å². The predicted octanol–water partition coefficient (Wildman–Crippen LogP) is 3.29. The first-order chi connectivity index (χ1) is 8.31. The molecule has 2 aromatic heterocycles. The number of hydrogen-bond donors (Lipinski definition) is 0. The highest BCUT2D eigenvalue weighted by molar-refractivity contribution is 7.09. The van der Waals surface area contributed by atoms with Crippen molar-refractivity contribution >= 4 is 22.9 Å². The van der Waals surface area contributed by atoms with Crippen LogP contribution in [-0.2, 0) is 6.42 Å². The van der Waals surface area contributed by atoms with Crippen molar-refractivity contribution < 1.29 is 4.74 Å². The average molecular weight is 265 g/mol. The van der Waals surface area contributed by atoms with Crippen LogP contribution in [0, 0.1) is 11.3 Å². The van der Waals surface area contributed by atoms with Gasteiger partial charge in [0.1, 0.15) is 11.1 Å². The summed E-state index contributed by atoms with van der Waals surface area (Å²) in [5, 5.41) is 11.1. The Morgan fingerprint density at radius 2 is 2.35 bits per heavy atom. The van der Waals surface area contributed by atoms with Gasteiger partial charge in [-0.05, 0) is 17.5 Å². The van der Waals surface area contributed by atoms with Gasteiger partial charge in [-0.3, -0.25) is 0 Å². The maximum absolute atomic E-state index is 8.80. The van der Waals surface area contributed by atoms with E-state index in [9.17, 15) is 0 Å². The molecule has 0 aliphatic carbocycles. The number of thiophene rings is 1. The maximum atomic E-state index is 8.80. The van der Waals surface area contributed by atoms with E-state index in [-0.39, 0.29) is 5.02 Å². The van der Waals surface area contributed by atoms with Crippen LogP contribution < -0.4 is 4.74 Å². The smallest absolute Gasteiger partial charge is 0.233 e. The van der Waals surface area contributed by atoms with Crippen LogP contribution in [0.1, 0.15) is 10.4 Å². The van der Waals surface area contributed by atoms with E-state index in [0.29, 0.717) is 18.1 Å². The van der Waals surface area contributed by atoms with Crippen LogP contribution in [0.2, 0.25) is 5.02 Å². The van der Waals surface area contributed by atoms with Gasteiger partial charge >= 0.3 is 0 Å². The Morgan fingerprint density at radius 1 is 1.47 bits per heavy atom. The number of aromatic nitrogens is 1. The summed E-state index contributed by atoms with van der Waals surface area (Å²) >= 11 is 7.65. The molecule has 86 valence electrons. The summed E-state index contributed by atoms with van der Waals surface area (Å²) in [6, 6.07) is 7.61. The van der Waals surface area contributed by atoms with Crippen molar-refractivity contribution in [2.45, 2.75) is 6.42 Å². The quantitative estimate of drug-likeness (QED) is 0.851. The number of halogens is 1. The zero-order chi connectivity index (χ0) is 12.1. The molecule has 3 nitrogen and oxygen atoms in total. The second kappa shape index (κ2) is 5.67. The second-order valence-electron chi connectivity index (χ2n) is 3.27. The SMILES string of the molecule is N#Cc1ccnc(OCCc2cccs2)c1Cl. The summed E-state index contributed by atoms with van der Waals surface area (Å²) in [6.45, 7) is 0.502. The van der Waals surface area contributed by atoms with Crippen molar-refractivity contribution in [3.63, 3.8) is 0 Å². The van der Waals surface area contributed by atoms with E-state index in [2.05, 4.69) is 11.1 Å². The van der Waals surface area contributed by atoms with Crippen molar-refractivity contribution in [3.8, 4) is 11.9 Å². The molecule has 0 atom stereocenters. The van der Waals surface area contributed by atoms with Gasteiger partial charge in [0.15, 0.2) is 0 Å². The molecule has 2 rings (SSSR count). The van der Waals surface area contributed by atoms with E-state index in [1.807, 2.05) is 17.5 Å². The molecule has 0 fully saturated rings. The molecule has 0 saturated heterocycles. The number of rotatable bonds is 4. The summed E-state index contributed by atoms with van der Waals surface area (Å²) in [5.41, 5.74) is 0.382. The zero-order valence-corrected chi connectivity index (χ0v) is 10.5. The van der Waals surface area contributed by atoms with Gasteiger partial charge in [-0.1, -0.05) is 17.7 Å². The molecular weight excluding hydrogens is 256 g/mol. The lowest BCUT2D eigenvalue weighted by Crippen LogP contribution is -2.02. The molecule has 2 aromatic rings. The lowest BCUT2D eigenvalue weighted by Gasteiger charge is -2.06. The summed E-state index contributed by atoms with van der Waals surface area (Å²) in [4.78, 5) is 5.25. The molecule has 0 aromatic carbocycles. The Kier molecular flexibility index (Phi) is 3.97. The second-order valence-corrected chi connectivity index (χ2v) is 4.68. The molecule has 5 heteroatoms. The van der Waals surface area contributed by atoms with Crippen LogP contribution in [0.5, 0.6) is 5.88 Å². The van der Waals surface area contributed by atoms with E-state index in [4.69, 9.17) is 21.6 Å². The fourth-order valence-corrected chi connectivity index (χ4v) is 2.21. The fourth-order valence-electron chi connectivity index (χ4n) is 1.31. The van der Waals surface area contributed by atoms with Gasteiger partial charge in [0.2, 0.25) is 5.88 Å². The molecule has 17 heavy (non-hydrogen) atoms. The highest BCUT2D eigenvalue weighted by Crippen LogP contribution is 2.25. The first-order valence-corrected chi connectivity index (χ1v) is 6.27. The third-order valence-electron chi connectivity index (χ3n) is 2.15. The molecule has 0 aliphatic rings. The van der Waals surface area contributed by atoms with Gasteiger partial charge in [0.25, 0.3) is 0 Å². The number of hydrogen-bond acceptors (Lipinski definition) is 4. The van der Waals surface area contributed by atoms with E-state index < -0.39 is 0 Å². The maximum Gasteiger partial charge on any atom is 0.233 e. The number of pyridine rings is 1. The van der Waals surface area contributed by atoms with E-state index in [0.717, 1.165) is 6.42 Å². The van der Waals surface area contributed by atoms with E-state index in [1.54, 1.807) is 17.4 Å². The minimum Gasteiger partial charge on any atom is -0.476 e. The molecular formula is C12H9ClN2OS. The molecule has 0 aliphatic heterocycles. The standard InChI is InChI=1S/C12H9ClN2OS/c13-11-9(8-14)3-5-15-12(11)16-6-4-10-2-1-7-17-10/h1-3,5,7H,4,6H2. The van der Waals surface area contributed by atoms with Crippen LogP contribution in [0.3, 0.4) is 0 Å². The molecule has 0 bridgehead atoms. The lowest BCUT2D eigenvalue weighted by atomic mass is 10.3.